The number of aromatic nitrogens is 1. The average Bonchev–Trinajstić information content (AvgIpc) is 2.72. The number of para-hydroxylation sites is 1. The molecule has 1 amide bonds. The third kappa shape index (κ3) is 4.86. The van der Waals surface area contributed by atoms with Crippen LogP contribution in [0.2, 0.25) is 0 Å². The fourth-order valence-corrected chi connectivity index (χ4v) is 3.73. The lowest BCUT2D eigenvalue weighted by Gasteiger charge is -2.30. The van der Waals surface area contributed by atoms with E-state index in [1.54, 1.807) is 0 Å². The summed E-state index contributed by atoms with van der Waals surface area (Å²) >= 11 is 0. The fourth-order valence-electron chi connectivity index (χ4n) is 3.73. The molecule has 1 fully saturated rings. The van der Waals surface area contributed by atoms with Crippen LogP contribution in [-0.2, 0) is 16.0 Å². The molecule has 0 atom stereocenters. The van der Waals surface area contributed by atoms with Gasteiger partial charge in [-0.15, -0.1) is 0 Å². The maximum Gasteiger partial charge on any atom is 0.227 e. The van der Waals surface area contributed by atoms with E-state index in [9.17, 15) is 4.79 Å². The van der Waals surface area contributed by atoms with Crippen molar-refractivity contribution in [3.8, 4) is 6.07 Å². The van der Waals surface area contributed by atoms with Crippen molar-refractivity contribution in [3.05, 3.63) is 41.1 Å². The number of nitriles is 1. The molecule has 1 aliphatic rings. The van der Waals surface area contributed by atoms with Gasteiger partial charge < -0.3 is 9.64 Å². The summed E-state index contributed by atoms with van der Waals surface area (Å²) in [4.78, 5) is 21.9. The van der Waals surface area contributed by atoms with Crippen molar-refractivity contribution < 1.29 is 9.53 Å². The van der Waals surface area contributed by atoms with Crippen molar-refractivity contribution >= 4 is 16.8 Å². The second kappa shape index (κ2) is 9.63. The summed E-state index contributed by atoms with van der Waals surface area (Å²) in [7, 11) is 0. The van der Waals surface area contributed by atoms with Gasteiger partial charge in [0.15, 0.2) is 0 Å². The topological polar surface area (TPSA) is 69.5 Å². The molecule has 0 spiro atoms. The summed E-state index contributed by atoms with van der Waals surface area (Å²) in [5, 5.41) is 10.1. The molecular weight excluding hydrogens is 352 g/mol. The minimum absolute atomic E-state index is 0.0618. The van der Waals surface area contributed by atoms with E-state index in [1.165, 1.54) is 0 Å². The first kappa shape index (κ1) is 20.2. The number of benzene rings is 1. The fraction of sp³-hybridized carbons (Fsp3) is 0.500. The van der Waals surface area contributed by atoms with Gasteiger partial charge in [-0.2, -0.15) is 5.26 Å². The highest BCUT2D eigenvalue weighted by Crippen LogP contribution is 2.23. The number of hydrogen-bond donors (Lipinski definition) is 0. The highest BCUT2D eigenvalue weighted by Gasteiger charge is 2.19. The Morgan fingerprint density at radius 3 is 2.75 bits per heavy atom. The summed E-state index contributed by atoms with van der Waals surface area (Å²) in [6.45, 7) is 9.23. The van der Waals surface area contributed by atoms with Crippen LogP contribution in [0.4, 0.5) is 0 Å². The minimum Gasteiger partial charge on any atom is -0.379 e. The summed E-state index contributed by atoms with van der Waals surface area (Å²) in [6.07, 6.45) is 0.673. The highest BCUT2D eigenvalue weighted by molar-refractivity contribution is 5.86. The standard InChI is InChI=1S/C22H28N4O2/c1-17-19-6-3-4-7-21(19)24-18(2)20(17)16-22(27)26(9-5-8-23)11-10-25-12-14-28-15-13-25/h3-4,6-7H,5,9-16H2,1-2H3. The van der Waals surface area contributed by atoms with Crippen LogP contribution in [0.15, 0.2) is 24.3 Å². The van der Waals surface area contributed by atoms with Gasteiger partial charge in [0, 0.05) is 43.8 Å². The molecule has 0 unspecified atom stereocenters. The van der Waals surface area contributed by atoms with Crippen molar-refractivity contribution in [3.63, 3.8) is 0 Å². The van der Waals surface area contributed by atoms with Crippen LogP contribution in [0, 0.1) is 25.2 Å². The number of fused-ring (bicyclic) bond motifs is 1. The molecule has 2 heterocycles. The average molecular weight is 380 g/mol. The number of carbonyl (C=O) groups is 1. The number of ether oxygens (including phenoxy) is 1. The van der Waals surface area contributed by atoms with Crippen LogP contribution in [0.25, 0.3) is 10.9 Å². The molecule has 6 nitrogen and oxygen atoms in total. The molecule has 0 saturated carbocycles. The third-order valence-corrected chi connectivity index (χ3v) is 5.45. The maximum absolute atomic E-state index is 13.1. The van der Waals surface area contributed by atoms with Crippen molar-refractivity contribution in [1.29, 1.82) is 5.26 Å². The summed E-state index contributed by atoms with van der Waals surface area (Å²) in [6, 6.07) is 10.2. The normalized spacial score (nSPS) is 14.8. The lowest BCUT2D eigenvalue weighted by molar-refractivity contribution is -0.130. The van der Waals surface area contributed by atoms with E-state index in [0.717, 1.165) is 60.6 Å². The Morgan fingerprint density at radius 2 is 2.00 bits per heavy atom. The number of hydrogen-bond acceptors (Lipinski definition) is 5. The Labute approximate surface area is 166 Å². The third-order valence-electron chi connectivity index (χ3n) is 5.45. The number of carbonyl (C=O) groups excluding carboxylic acids is 1. The predicted octanol–water partition coefficient (Wildman–Crippen LogP) is 2.47. The quantitative estimate of drug-likeness (QED) is 0.738. The van der Waals surface area contributed by atoms with E-state index in [-0.39, 0.29) is 5.91 Å². The van der Waals surface area contributed by atoms with Crippen molar-refractivity contribution in [2.24, 2.45) is 0 Å². The molecule has 2 aromatic rings. The summed E-state index contributed by atoms with van der Waals surface area (Å²) in [5.74, 6) is 0.0618. The highest BCUT2D eigenvalue weighted by atomic mass is 16.5. The van der Waals surface area contributed by atoms with Gasteiger partial charge in [0.1, 0.15) is 0 Å². The zero-order valence-corrected chi connectivity index (χ0v) is 16.8. The zero-order chi connectivity index (χ0) is 19.9. The van der Waals surface area contributed by atoms with E-state index in [0.29, 0.717) is 25.9 Å². The first-order valence-corrected chi connectivity index (χ1v) is 9.90. The molecule has 1 aliphatic heterocycles. The van der Waals surface area contributed by atoms with E-state index < -0.39 is 0 Å². The summed E-state index contributed by atoms with van der Waals surface area (Å²) in [5.41, 5.74) is 3.97. The minimum atomic E-state index is 0.0618. The number of pyridine rings is 1. The molecule has 1 saturated heterocycles. The number of morpholine rings is 1. The molecule has 1 aromatic carbocycles. The molecule has 0 bridgehead atoms. The van der Waals surface area contributed by atoms with Gasteiger partial charge in [-0.25, -0.2) is 0 Å². The molecule has 3 rings (SSSR count). The number of rotatable bonds is 7. The van der Waals surface area contributed by atoms with Crippen molar-refractivity contribution in [2.45, 2.75) is 26.7 Å². The molecule has 1 aromatic heterocycles. The smallest absolute Gasteiger partial charge is 0.227 e. The second-order valence-corrected chi connectivity index (χ2v) is 7.24. The Morgan fingerprint density at radius 1 is 1.25 bits per heavy atom. The molecule has 0 N–H and O–H groups in total. The van der Waals surface area contributed by atoms with E-state index in [1.807, 2.05) is 30.0 Å². The first-order valence-electron chi connectivity index (χ1n) is 9.90. The van der Waals surface area contributed by atoms with E-state index >= 15 is 0 Å². The van der Waals surface area contributed by atoms with Gasteiger partial charge in [-0.05, 0) is 31.0 Å². The molecule has 0 radical (unpaired) electrons. The lowest BCUT2D eigenvalue weighted by Crippen LogP contribution is -2.43. The van der Waals surface area contributed by atoms with Crippen LogP contribution >= 0.6 is 0 Å². The Kier molecular flexibility index (Phi) is 6.96. The second-order valence-electron chi connectivity index (χ2n) is 7.24. The molecule has 148 valence electrons. The van der Waals surface area contributed by atoms with Crippen molar-refractivity contribution in [2.75, 3.05) is 45.9 Å². The lowest BCUT2D eigenvalue weighted by atomic mass is 9.99. The summed E-state index contributed by atoms with van der Waals surface area (Å²) < 4.78 is 5.39. The first-order chi connectivity index (χ1) is 13.6. The van der Waals surface area contributed by atoms with Gasteiger partial charge in [0.05, 0.1) is 37.6 Å². The van der Waals surface area contributed by atoms with Crippen LogP contribution in [0.3, 0.4) is 0 Å². The van der Waals surface area contributed by atoms with E-state index in [4.69, 9.17) is 10.00 Å². The van der Waals surface area contributed by atoms with Gasteiger partial charge in [0.2, 0.25) is 5.91 Å². The van der Waals surface area contributed by atoms with Gasteiger partial charge in [0.25, 0.3) is 0 Å². The Hall–Kier alpha value is -2.49. The van der Waals surface area contributed by atoms with Crippen LogP contribution in [0.5, 0.6) is 0 Å². The maximum atomic E-state index is 13.1. The van der Waals surface area contributed by atoms with Gasteiger partial charge in [-0.3, -0.25) is 14.7 Å². The van der Waals surface area contributed by atoms with Gasteiger partial charge >= 0.3 is 0 Å². The molecule has 6 heteroatoms. The largest absolute Gasteiger partial charge is 0.379 e. The van der Waals surface area contributed by atoms with Gasteiger partial charge in [-0.1, -0.05) is 18.2 Å². The van der Waals surface area contributed by atoms with Crippen LogP contribution < -0.4 is 0 Å². The predicted molar refractivity (Wildman–Crippen MR) is 109 cm³/mol. The molecular formula is C22H28N4O2. The number of aryl methyl sites for hydroxylation is 2. The number of nitrogens with zero attached hydrogens (tertiary/aromatic N) is 4. The molecule has 0 aliphatic carbocycles. The van der Waals surface area contributed by atoms with E-state index in [2.05, 4.69) is 28.9 Å². The number of amides is 1. The SMILES string of the molecule is Cc1nc2ccccc2c(C)c1CC(=O)N(CCC#N)CCN1CCOCC1. The monoisotopic (exact) mass is 380 g/mol. The Bertz CT molecular complexity index is 869. The Balaban J connectivity index is 1.73. The molecule has 28 heavy (non-hydrogen) atoms. The van der Waals surface area contributed by atoms with Crippen LogP contribution in [0.1, 0.15) is 23.2 Å². The van der Waals surface area contributed by atoms with Crippen LogP contribution in [-0.4, -0.2) is 66.6 Å². The zero-order valence-electron chi connectivity index (χ0n) is 16.8. The van der Waals surface area contributed by atoms with Crippen molar-refractivity contribution in [1.82, 2.24) is 14.8 Å².